The first-order valence-electron chi connectivity index (χ1n) is 31.0. The topological polar surface area (TPSA) is 447 Å². The Kier molecular flexibility index (Phi) is 32.4. The second-order valence-corrected chi connectivity index (χ2v) is 25.0. The van der Waals surface area contributed by atoms with Gasteiger partial charge in [0.25, 0.3) is 0 Å². The first kappa shape index (κ1) is 77.1. The highest BCUT2D eigenvalue weighted by atomic mass is 32.2. The van der Waals surface area contributed by atoms with Gasteiger partial charge in [0.1, 0.15) is 66.2 Å². The molecule has 4 rings (SSSR count). The maximum Gasteiger partial charge on any atom is 0.246 e. The van der Waals surface area contributed by atoms with Gasteiger partial charge in [0.2, 0.25) is 65.0 Å². The number of aliphatic hydroxyl groups is 1. The van der Waals surface area contributed by atoms with Crippen LogP contribution in [0.4, 0.5) is 0 Å². The predicted octanol–water partition coefficient (Wildman–Crippen LogP) is -2.01. The Bertz CT molecular complexity index is 2860. The van der Waals surface area contributed by atoms with Crippen LogP contribution >= 0.6 is 37.0 Å². The smallest absolute Gasteiger partial charge is 0.246 e. The molecule has 0 radical (unpaired) electrons. The molecule has 28 nitrogen and oxygen atoms in total. The van der Waals surface area contributed by atoms with Gasteiger partial charge in [-0.3, -0.25) is 57.7 Å². The maximum absolute atomic E-state index is 14.8. The van der Waals surface area contributed by atoms with Gasteiger partial charge in [0.15, 0.2) is 5.96 Å². The number of nitrogens with zero attached hydrogens (tertiary/aromatic N) is 3. The molecular formula is C61H95N15O13S3. The molecule has 2 saturated heterocycles. The fourth-order valence-corrected chi connectivity index (χ4v) is 11.5. The van der Waals surface area contributed by atoms with E-state index in [-0.39, 0.29) is 87.8 Å². The molecule has 92 heavy (non-hydrogen) atoms. The molecule has 18 N–H and O–H groups in total. The van der Waals surface area contributed by atoms with Crippen LogP contribution in [-0.4, -0.2) is 207 Å². The Labute approximate surface area is 552 Å². The number of likely N-dealkylation sites (tertiary alicyclic amines) is 2. The van der Waals surface area contributed by atoms with Crippen molar-refractivity contribution in [2.75, 3.05) is 43.1 Å². The number of phenolic OH excluding ortho intramolecular Hbond substituents is 1. The summed E-state index contributed by atoms with van der Waals surface area (Å²) in [5.41, 5.74) is 24.2. The normalized spacial score (nSPS) is 18.5. The van der Waals surface area contributed by atoms with Crippen LogP contribution in [0.25, 0.3) is 0 Å². The molecule has 0 aliphatic carbocycles. The van der Waals surface area contributed by atoms with Gasteiger partial charge in [-0.05, 0) is 105 Å². The van der Waals surface area contributed by atoms with Gasteiger partial charge < -0.3 is 85.5 Å². The summed E-state index contributed by atoms with van der Waals surface area (Å²) in [6.07, 6.45) is 2.66. The Hall–Kier alpha value is -7.35. The number of benzene rings is 2. The van der Waals surface area contributed by atoms with Gasteiger partial charge in [0, 0.05) is 37.6 Å². The summed E-state index contributed by atoms with van der Waals surface area (Å²) >= 11 is 9.88. The van der Waals surface area contributed by atoms with Crippen LogP contribution < -0.4 is 65.5 Å². The lowest BCUT2D eigenvalue weighted by atomic mass is 9.95. The van der Waals surface area contributed by atoms with Crippen molar-refractivity contribution in [2.24, 2.45) is 39.8 Å². The van der Waals surface area contributed by atoms with Gasteiger partial charge in [-0.15, -0.1) is 0 Å². The van der Waals surface area contributed by atoms with Crippen molar-refractivity contribution in [2.45, 2.75) is 178 Å². The number of nitrogens with two attached hydrogens (primary N) is 4. The average Bonchev–Trinajstić information content (AvgIpc) is 3.26. The van der Waals surface area contributed by atoms with E-state index in [2.05, 4.69) is 72.8 Å². The summed E-state index contributed by atoms with van der Waals surface area (Å²) in [7, 11) is 0. The van der Waals surface area contributed by atoms with Crippen LogP contribution in [0.5, 0.6) is 5.75 Å². The standard InChI is InChI=1S/C61H95N15O13S3/c1-7-33(3)47(72-53(82)41(24-28-92-6)68-58(87)49(35(5)77)74-55(84)44(32-91)70-51(80)39(62)29-36-15-10-9-11-16-36)59(88)76-27-14-19-46(76)57(86)73-48(34(4)8-2)60(89)75-26-13-18-45(75)56(85)67-40(17-12-25-66-61(64)65)52(81)71-43(31-90)54(83)69-42(50(63)79)30-37-20-22-38(78)23-21-37/h9-11,15-16,20-23,33-35,39-49,77-78,90-91H,7-8,12-14,17-19,24-32,62H2,1-6H3,(H2,63,79)(H,67,85)(H,68,87)(H,69,83)(H,70,80)(H,71,81)(H,72,82)(H,73,86)(H,74,84)(H4,64,65,66)/t33-,34-,35+,39-,40-,41-,42-,43-,44-,45-,46-,47-,48-,49-/m0/s1. The number of aliphatic imine (C=N–C) groups is 1. The van der Waals surface area contributed by atoms with Gasteiger partial charge >= 0.3 is 0 Å². The highest BCUT2D eigenvalue weighted by Crippen LogP contribution is 2.26. The number of aliphatic hydroxyl groups excluding tert-OH is 1. The van der Waals surface area contributed by atoms with Crippen molar-refractivity contribution in [3.8, 4) is 5.75 Å². The summed E-state index contributed by atoms with van der Waals surface area (Å²) in [6.45, 7) is 8.73. The number of guanidine groups is 1. The predicted molar refractivity (Wildman–Crippen MR) is 355 cm³/mol. The SMILES string of the molecule is CC[C@H](C)[C@H](NC(=O)[C@H](CCSC)NC(=O)[C@@H](NC(=O)[C@H](CS)NC(=O)[C@@H](N)Cc1ccccc1)[C@@H](C)O)C(=O)N1CCC[C@H]1C(=O)N[C@H](C(=O)N1CCC[C@H]1C(=O)N[C@@H](CCCN=C(N)N)C(=O)N[C@@H](CS)C(=O)N[C@@H](Cc1ccc(O)cc1)C(N)=O)[C@@H](C)CC. The van der Waals surface area contributed by atoms with E-state index in [0.29, 0.717) is 37.0 Å². The zero-order valence-electron chi connectivity index (χ0n) is 53.1. The van der Waals surface area contributed by atoms with E-state index in [1.165, 1.54) is 40.6 Å². The molecule has 2 aromatic carbocycles. The molecule has 0 bridgehead atoms. The molecule has 2 aromatic rings. The lowest BCUT2D eigenvalue weighted by molar-refractivity contribution is -0.146. The van der Waals surface area contributed by atoms with Crippen molar-refractivity contribution in [3.05, 3.63) is 65.7 Å². The molecule has 2 fully saturated rings. The third-order valence-corrected chi connectivity index (χ3v) is 17.8. The van der Waals surface area contributed by atoms with E-state index < -0.39 is 149 Å². The van der Waals surface area contributed by atoms with Crippen molar-refractivity contribution < 1.29 is 63.0 Å². The van der Waals surface area contributed by atoms with Gasteiger partial charge in [0.05, 0.1) is 12.1 Å². The van der Waals surface area contributed by atoms with Gasteiger partial charge in [-0.1, -0.05) is 83.0 Å². The monoisotopic (exact) mass is 1340 g/mol. The van der Waals surface area contributed by atoms with E-state index in [1.54, 1.807) is 56.5 Å². The van der Waals surface area contributed by atoms with Crippen LogP contribution in [0.3, 0.4) is 0 Å². The number of carbonyl (C=O) groups is 11. The quantitative estimate of drug-likeness (QED) is 0.0150. The minimum absolute atomic E-state index is 0.00877. The third kappa shape index (κ3) is 23.3. The zero-order valence-corrected chi connectivity index (χ0v) is 55.7. The van der Waals surface area contributed by atoms with Crippen LogP contribution in [0.15, 0.2) is 59.6 Å². The minimum Gasteiger partial charge on any atom is -0.508 e. The molecule has 31 heteroatoms. The lowest BCUT2D eigenvalue weighted by Gasteiger charge is -2.35. The molecule has 0 aromatic heterocycles. The first-order valence-corrected chi connectivity index (χ1v) is 33.7. The molecule has 14 atom stereocenters. The lowest BCUT2D eigenvalue weighted by Crippen LogP contribution is -2.62. The van der Waals surface area contributed by atoms with E-state index in [9.17, 15) is 63.0 Å². The van der Waals surface area contributed by atoms with Crippen LogP contribution in [0, 0.1) is 11.8 Å². The number of thioether (sulfide) groups is 1. The van der Waals surface area contributed by atoms with Crippen molar-refractivity contribution in [1.29, 1.82) is 0 Å². The largest absolute Gasteiger partial charge is 0.508 e. The van der Waals surface area contributed by atoms with E-state index in [1.807, 2.05) is 19.9 Å². The molecule has 2 aliphatic heterocycles. The number of carbonyl (C=O) groups excluding carboxylic acids is 11. The number of hydrogen-bond acceptors (Lipinski definition) is 18. The number of aromatic hydroxyl groups is 1. The number of thiol groups is 2. The second-order valence-electron chi connectivity index (χ2n) is 23.3. The Morgan fingerprint density at radius 1 is 0.587 bits per heavy atom. The molecule has 0 unspecified atom stereocenters. The zero-order chi connectivity index (χ0) is 68.4. The molecule has 510 valence electrons. The average molecular weight is 1340 g/mol. The number of phenols is 1. The third-order valence-electron chi connectivity index (χ3n) is 16.4. The van der Waals surface area contributed by atoms with Crippen LogP contribution in [-0.2, 0) is 65.6 Å². The highest BCUT2D eigenvalue weighted by molar-refractivity contribution is 7.98. The molecular weight excluding hydrogens is 1250 g/mol. The van der Waals surface area contributed by atoms with E-state index in [0.717, 1.165) is 5.56 Å². The number of hydrogen-bond donors (Lipinski definition) is 16. The Morgan fingerprint density at radius 3 is 1.55 bits per heavy atom. The summed E-state index contributed by atoms with van der Waals surface area (Å²) < 4.78 is 0. The molecule has 2 aliphatic rings. The Morgan fingerprint density at radius 2 is 1.04 bits per heavy atom. The van der Waals surface area contributed by atoms with Crippen molar-refractivity contribution in [3.63, 3.8) is 0 Å². The fraction of sp³-hybridized carbons (Fsp3) is 0.607. The number of amides is 11. The van der Waals surface area contributed by atoms with Crippen LogP contribution in [0.2, 0.25) is 0 Å². The number of primary amides is 1. The second kappa shape index (κ2) is 38.6. The summed E-state index contributed by atoms with van der Waals surface area (Å²) in [5, 5.41) is 41.8. The number of nitrogens with one attached hydrogen (secondary N) is 8. The summed E-state index contributed by atoms with van der Waals surface area (Å²) in [5.74, 6) is -9.40. The van der Waals surface area contributed by atoms with Crippen molar-refractivity contribution >= 4 is 108 Å². The summed E-state index contributed by atoms with van der Waals surface area (Å²) in [6, 6.07) is 1.34. The minimum atomic E-state index is -1.61. The molecule has 0 spiro atoms. The fourth-order valence-electron chi connectivity index (χ4n) is 10.6. The Balaban J connectivity index is 1.48. The van der Waals surface area contributed by atoms with E-state index in [4.69, 9.17) is 22.9 Å². The van der Waals surface area contributed by atoms with Crippen molar-refractivity contribution in [1.82, 2.24) is 52.3 Å². The van der Waals surface area contributed by atoms with Gasteiger partial charge in [-0.25, -0.2) is 0 Å². The van der Waals surface area contributed by atoms with E-state index >= 15 is 0 Å². The molecule has 11 amide bonds. The van der Waals surface area contributed by atoms with Gasteiger partial charge in [-0.2, -0.15) is 37.0 Å². The molecule has 2 heterocycles. The molecule has 0 saturated carbocycles. The summed E-state index contributed by atoms with van der Waals surface area (Å²) in [4.78, 5) is 160. The number of rotatable bonds is 37. The van der Waals surface area contributed by atoms with Crippen LogP contribution in [0.1, 0.15) is 104 Å². The first-order chi connectivity index (χ1) is 43.7. The highest BCUT2D eigenvalue weighted by Gasteiger charge is 2.45. The maximum atomic E-state index is 14.8.